The standard InChI is InChI=1S/C17H22N2O2S/c1-6-9-19(5)17(20)15-16(18-13(4)22-15)21-14-10-11(2)7-8-12(14)3/h7-8,10H,6,9H2,1-5H3. The second kappa shape index (κ2) is 6.92. The molecule has 0 fully saturated rings. The van der Waals surface area contributed by atoms with Gasteiger partial charge < -0.3 is 9.64 Å². The third-order valence-electron chi connectivity index (χ3n) is 3.35. The molecule has 1 aromatic carbocycles. The molecule has 1 heterocycles. The minimum absolute atomic E-state index is 0.0345. The van der Waals surface area contributed by atoms with Crippen LogP contribution in [-0.2, 0) is 0 Å². The number of aromatic nitrogens is 1. The van der Waals surface area contributed by atoms with E-state index in [1.54, 1.807) is 4.90 Å². The van der Waals surface area contributed by atoms with Gasteiger partial charge in [0.2, 0.25) is 5.88 Å². The first kappa shape index (κ1) is 16.5. The van der Waals surface area contributed by atoms with E-state index in [4.69, 9.17) is 4.74 Å². The molecule has 118 valence electrons. The molecule has 0 spiro atoms. The summed E-state index contributed by atoms with van der Waals surface area (Å²) < 4.78 is 5.94. The van der Waals surface area contributed by atoms with E-state index in [2.05, 4.69) is 11.9 Å². The molecule has 0 N–H and O–H groups in total. The fourth-order valence-corrected chi connectivity index (χ4v) is 2.99. The first-order chi connectivity index (χ1) is 10.4. The van der Waals surface area contributed by atoms with Crippen LogP contribution in [0.4, 0.5) is 0 Å². The number of ether oxygens (including phenoxy) is 1. The van der Waals surface area contributed by atoms with Crippen molar-refractivity contribution in [2.24, 2.45) is 0 Å². The zero-order chi connectivity index (χ0) is 16.3. The van der Waals surface area contributed by atoms with Gasteiger partial charge in [-0.2, -0.15) is 0 Å². The lowest BCUT2D eigenvalue weighted by Gasteiger charge is -2.15. The molecule has 0 radical (unpaired) electrons. The van der Waals surface area contributed by atoms with Crippen LogP contribution in [0, 0.1) is 20.8 Å². The molecule has 0 atom stereocenters. The molecule has 2 aromatic rings. The number of benzene rings is 1. The van der Waals surface area contributed by atoms with Gasteiger partial charge in [0.1, 0.15) is 5.75 Å². The quantitative estimate of drug-likeness (QED) is 0.823. The van der Waals surface area contributed by atoms with Crippen molar-refractivity contribution in [3.8, 4) is 11.6 Å². The van der Waals surface area contributed by atoms with Gasteiger partial charge in [0.15, 0.2) is 4.88 Å². The topological polar surface area (TPSA) is 42.4 Å². The second-order valence-electron chi connectivity index (χ2n) is 5.46. The number of nitrogens with zero attached hydrogens (tertiary/aromatic N) is 2. The highest BCUT2D eigenvalue weighted by atomic mass is 32.1. The fraction of sp³-hybridized carbons (Fsp3) is 0.412. The maximum atomic E-state index is 12.5. The van der Waals surface area contributed by atoms with Gasteiger partial charge in [-0.3, -0.25) is 4.79 Å². The third kappa shape index (κ3) is 3.65. The van der Waals surface area contributed by atoms with Crippen LogP contribution in [0.5, 0.6) is 11.6 Å². The van der Waals surface area contributed by atoms with E-state index in [-0.39, 0.29) is 5.91 Å². The third-order valence-corrected chi connectivity index (χ3v) is 4.29. The van der Waals surface area contributed by atoms with Crippen LogP contribution in [0.25, 0.3) is 0 Å². The van der Waals surface area contributed by atoms with Gasteiger partial charge in [-0.1, -0.05) is 19.1 Å². The largest absolute Gasteiger partial charge is 0.437 e. The molecular formula is C17H22N2O2S. The number of aryl methyl sites for hydroxylation is 3. The van der Waals surface area contributed by atoms with Gasteiger partial charge in [-0.25, -0.2) is 4.98 Å². The number of carbonyl (C=O) groups excluding carboxylic acids is 1. The van der Waals surface area contributed by atoms with Crippen molar-refractivity contribution in [2.75, 3.05) is 13.6 Å². The van der Waals surface area contributed by atoms with Crippen LogP contribution in [0.3, 0.4) is 0 Å². The van der Waals surface area contributed by atoms with Crippen LogP contribution in [0.15, 0.2) is 18.2 Å². The number of hydrogen-bond acceptors (Lipinski definition) is 4. The molecule has 5 heteroatoms. The van der Waals surface area contributed by atoms with Crippen LogP contribution in [0.1, 0.15) is 39.2 Å². The number of rotatable bonds is 5. The Bertz CT molecular complexity index is 679. The Morgan fingerprint density at radius 1 is 1.32 bits per heavy atom. The molecule has 0 aliphatic heterocycles. The molecule has 2 rings (SSSR count). The lowest BCUT2D eigenvalue weighted by atomic mass is 10.1. The minimum atomic E-state index is -0.0345. The van der Waals surface area contributed by atoms with E-state index < -0.39 is 0 Å². The van der Waals surface area contributed by atoms with Gasteiger partial charge in [0.05, 0.1) is 5.01 Å². The smallest absolute Gasteiger partial charge is 0.269 e. The normalized spacial score (nSPS) is 10.6. The summed E-state index contributed by atoms with van der Waals surface area (Å²) >= 11 is 1.38. The molecule has 0 saturated carbocycles. The Labute approximate surface area is 135 Å². The predicted octanol–water partition coefficient (Wildman–Crippen LogP) is 4.34. The van der Waals surface area contributed by atoms with E-state index in [9.17, 15) is 4.79 Å². The summed E-state index contributed by atoms with van der Waals surface area (Å²) in [4.78, 5) is 19.2. The maximum absolute atomic E-state index is 12.5. The Morgan fingerprint density at radius 2 is 2.05 bits per heavy atom. The molecule has 0 aliphatic rings. The SMILES string of the molecule is CCCN(C)C(=O)c1sc(C)nc1Oc1cc(C)ccc1C. The molecule has 0 aliphatic carbocycles. The Balaban J connectivity index is 2.32. The van der Waals surface area contributed by atoms with Crippen molar-refractivity contribution in [2.45, 2.75) is 34.1 Å². The number of carbonyl (C=O) groups is 1. The van der Waals surface area contributed by atoms with Gasteiger partial charge in [-0.05, 0) is 44.4 Å². The van der Waals surface area contributed by atoms with Crippen LogP contribution >= 0.6 is 11.3 Å². The summed E-state index contributed by atoms with van der Waals surface area (Å²) in [6.45, 7) is 8.66. The van der Waals surface area contributed by atoms with Gasteiger partial charge in [0, 0.05) is 13.6 Å². The molecule has 1 aromatic heterocycles. The summed E-state index contributed by atoms with van der Waals surface area (Å²) in [5.41, 5.74) is 2.14. The summed E-state index contributed by atoms with van der Waals surface area (Å²) in [6.07, 6.45) is 0.924. The lowest BCUT2D eigenvalue weighted by Crippen LogP contribution is -2.26. The summed E-state index contributed by atoms with van der Waals surface area (Å²) in [5, 5.41) is 0.827. The maximum Gasteiger partial charge on any atom is 0.269 e. The Kier molecular flexibility index (Phi) is 5.19. The van der Waals surface area contributed by atoms with Gasteiger partial charge in [-0.15, -0.1) is 11.3 Å². The number of thiazole rings is 1. The van der Waals surface area contributed by atoms with E-state index in [1.165, 1.54) is 11.3 Å². The Morgan fingerprint density at radius 3 is 2.73 bits per heavy atom. The minimum Gasteiger partial charge on any atom is -0.437 e. The van der Waals surface area contributed by atoms with E-state index in [0.29, 0.717) is 10.8 Å². The highest BCUT2D eigenvalue weighted by Crippen LogP contribution is 2.32. The predicted molar refractivity (Wildman–Crippen MR) is 90.1 cm³/mol. The van der Waals surface area contributed by atoms with Gasteiger partial charge >= 0.3 is 0 Å². The zero-order valence-electron chi connectivity index (χ0n) is 13.8. The first-order valence-corrected chi connectivity index (χ1v) is 8.22. The molecule has 22 heavy (non-hydrogen) atoms. The van der Waals surface area contributed by atoms with Crippen LogP contribution in [0.2, 0.25) is 0 Å². The molecule has 0 bridgehead atoms. The first-order valence-electron chi connectivity index (χ1n) is 7.40. The molecular weight excluding hydrogens is 296 g/mol. The Hall–Kier alpha value is -1.88. The van der Waals surface area contributed by atoms with Crippen LogP contribution in [-0.4, -0.2) is 29.4 Å². The fourth-order valence-electron chi connectivity index (χ4n) is 2.14. The average Bonchev–Trinajstić information content (AvgIpc) is 2.83. The van der Waals surface area contributed by atoms with Crippen LogP contribution < -0.4 is 4.74 Å². The average molecular weight is 318 g/mol. The molecule has 4 nitrogen and oxygen atoms in total. The molecule has 0 unspecified atom stereocenters. The second-order valence-corrected chi connectivity index (χ2v) is 6.67. The van der Waals surface area contributed by atoms with Crippen molar-refractivity contribution in [1.82, 2.24) is 9.88 Å². The summed E-state index contributed by atoms with van der Waals surface area (Å²) in [7, 11) is 1.81. The van der Waals surface area contributed by atoms with E-state index >= 15 is 0 Å². The number of hydrogen-bond donors (Lipinski definition) is 0. The van der Waals surface area contributed by atoms with Crippen molar-refractivity contribution in [3.63, 3.8) is 0 Å². The summed E-state index contributed by atoms with van der Waals surface area (Å²) in [5.74, 6) is 1.12. The van der Waals surface area contributed by atoms with E-state index in [1.807, 2.05) is 46.0 Å². The number of amides is 1. The highest BCUT2D eigenvalue weighted by molar-refractivity contribution is 7.13. The summed E-state index contributed by atoms with van der Waals surface area (Å²) in [6, 6.07) is 6.01. The van der Waals surface area contributed by atoms with Crippen molar-refractivity contribution in [1.29, 1.82) is 0 Å². The van der Waals surface area contributed by atoms with Gasteiger partial charge in [0.25, 0.3) is 5.91 Å². The highest BCUT2D eigenvalue weighted by Gasteiger charge is 2.22. The molecule has 1 amide bonds. The van der Waals surface area contributed by atoms with Crippen molar-refractivity contribution in [3.05, 3.63) is 39.2 Å². The van der Waals surface area contributed by atoms with E-state index in [0.717, 1.165) is 34.8 Å². The zero-order valence-corrected chi connectivity index (χ0v) is 14.6. The lowest BCUT2D eigenvalue weighted by molar-refractivity contribution is 0.0797. The molecule has 0 saturated heterocycles. The monoisotopic (exact) mass is 318 g/mol. The van der Waals surface area contributed by atoms with Crippen molar-refractivity contribution < 1.29 is 9.53 Å². The van der Waals surface area contributed by atoms with Crippen molar-refractivity contribution >= 4 is 17.2 Å².